The zero-order valence-corrected chi connectivity index (χ0v) is 23.6. The number of amides is 2. The maximum absolute atomic E-state index is 12.2. The Bertz CT molecular complexity index is 1370. The van der Waals surface area contributed by atoms with E-state index in [0.29, 0.717) is 11.4 Å². The van der Waals surface area contributed by atoms with Crippen molar-refractivity contribution in [2.75, 3.05) is 6.54 Å². The summed E-state index contributed by atoms with van der Waals surface area (Å²) in [4.78, 5) is 20.9. The number of aromatic nitrogens is 3. The molecule has 0 fully saturated rings. The molecule has 4 rings (SSSR count). The molecular formula is C23H21ClN5NaO3S2. The van der Waals surface area contributed by atoms with Crippen molar-refractivity contribution in [3.63, 3.8) is 0 Å². The van der Waals surface area contributed by atoms with E-state index in [1.807, 2.05) is 40.4 Å². The van der Waals surface area contributed by atoms with Gasteiger partial charge in [-0.05, 0) is 54.9 Å². The number of nitrogens with one attached hydrogen (secondary N) is 1. The van der Waals surface area contributed by atoms with Gasteiger partial charge < -0.3 is 14.6 Å². The normalized spacial score (nSPS) is 11.0. The zero-order chi connectivity index (χ0) is 24.1. The molecule has 4 aromatic rings. The Labute approximate surface area is 235 Å². The number of halogens is 1. The number of aryl methyl sites for hydroxylation is 1. The number of benzene rings is 2. The molecule has 35 heavy (non-hydrogen) atoms. The van der Waals surface area contributed by atoms with Gasteiger partial charge in [-0.1, -0.05) is 30.7 Å². The van der Waals surface area contributed by atoms with Crippen molar-refractivity contribution in [3.8, 4) is 16.4 Å². The summed E-state index contributed by atoms with van der Waals surface area (Å²) in [5.74, 6) is 0.939. The fraction of sp³-hybridized carbons (Fsp3) is 0.174. The zero-order valence-electron chi connectivity index (χ0n) is 19.2. The van der Waals surface area contributed by atoms with E-state index in [1.54, 1.807) is 17.5 Å². The molecule has 176 valence electrons. The second-order valence-corrected chi connectivity index (χ2v) is 10.2. The van der Waals surface area contributed by atoms with Crippen LogP contribution in [0.5, 0.6) is 0 Å². The van der Waals surface area contributed by atoms with Crippen LogP contribution in [-0.4, -0.2) is 35.5 Å². The van der Waals surface area contributed by atoms with Crippen molar-refractivity contribution in [1.82, 2.24) is 19.9 Å². The van der Waals surface area contributed by atoms with Gasteiger partial charge in [0.25, 0.3) is 0 Å². The van der Waals surface area contributed by atoms with Crippen LogP contribution in [0.1, 0.15) is 18.3 Å². The maximum atomic E-state index is 12.2. The third kappa shape index (κ3) is 6.93. The predicted octanol–water partition coefficient (Wildman–Crippen LogP) is 2.23. The molecule has 0 aliphatic carbocycles. The minimum absolute atomic E-state index is 0. The summed E-state index contributed by atoms with van der Waals surface area (Å²) in [6.07, 6.45) is 5.05. The maximum Gasteiger partial charge on any atom is 1.00 e. The third-order valence-electron chi connectivity index (χ3n) is 4.97. The number of rotatable bonds is 8. The van der Waals surface area contributed by atoms with Crippen molar-refractivity contribution >= 4 is 39.0 Å². The Balaban J connectivity index is 0.00000342. The van der Waals surface area contributed by atoms with Crippen LogP contribution in [0.15, 0.2) is 71.2 Å². The number of sulfonamides is 1. The molecule has 8 nitrogen and oxygen atoms in total. The summed E-state index contributed by atoms with van der Waals surface area (Å²) < 4.78 is 29.8. The number of hydrogen-bond acceptors (Lipinski definition) is 6. The largest absolute Gasteiger partial charge is 1.00 e. The monoisotopic (exact) mass is 537 g/mol. The molecule has 1 N–H and O–H groups in total. The van der Waals surface area contributed by atoms with Crippen molar-refractivity contribution in [2.45, 2.75) is 24.7 Å². The van der Waals surface area contributed by atoms with E-state index in [0.717, 1.165) is 34.2 Å². The van der Waals surface area contributed by atoms with Gasteiger partial charge in [-0.2, -0.15) is 0 Å². The summed E-state index contributed by atoms with van der Waals surface area (Å²) in [6.45, 7) is 2.30. The summed E-state index contributed by atoms with van der Waals surface area (Å²) in [6, 6.07) is 12.5. The molecule has 0 atom stereocenters. The van der Waals surface area contributed by atoms with Crippen LogP contribution in [0.4, 0.5) is 4.79 Å². The van der Waals surface area contributed by atoms with E-state index in [4.69, 9.17) is 16.6 Å². The topological polar surface area (TPSA) is 108 Å². The minimum atomic E-state index is -4.09. The van der Waals surface area contributed by atoms with E-state index in [9.17, 15) is 13.2 Å². The summed E-state index contributed by atoms with van der Waals surface area (Å²) >= 11 is 7.31. The Morgan fingerprint density at radius 1 is 1.14 bits per heavy atom. The second kappa shape index (κ2) is 12.2. The van der Waals surface area contributed by atoms with E-state index >= 15 is 0 Å². The fourth-order valence-corrected chi connectivity index (χ4v) is 4.87. The molecule has 0 aliphatic heterocycles. The first-order valence-corrected chi connectivity index (χ1v) is 13.1. The SMILES string of the molecule is CCc1nc(-c2nccs2)cn1-c1ccc(CCNC(=O)[N-]S(=O)(=O)c2ccc(Cl)cc2)cc1.[Na+]. The quantitative estimate of drug-likeness (QED) is 0.347. The molecule has 2 aromatic carbocycles. The average Bonchev–Trinajstić information content (AvgIpc) is 3.49. The van der Waals surface area contributed by atoms with Gasteiger partial charge in [0, 0.05) is 34.9 Å². The molecule has 12 heteroatoms. The number of urea groups is 1. The molecule has 0 bridgehead atoms. The molecule has 0 unspecified atom stereocenters. The van der Waals surface area contributed by atoms with Crippen LogP contribution in [-0.2, 0) is 22.9 Å². The number of nitrogens with zero attached hydrogens (tertiary/aromatic N) is 4. The summed E-state index contributed by atoms with van der Waals surface area (Å²) in [5.41, 5.74) is 2.81. The van der Waals surface area contributed by atoms with Crippen molar-refractivity contribution < 1.29 is 42.8 Å². The first-order chi connectivity index (χ1) is 16.4. The number of imidazole rings is 1. The molecule has 0 spiro atoms. The molecular weight excluding hydrogens is 517 g/mol. The number of thiazole rings is 1. The number of hydrogen-bond donors (Lipinski definition) is 1. The van der Waals surface area contributed by atoms with E-state index in [-0.39, 0.29) is 41.0 Å². The van der Waals surface area contributed by atoms with E-state index in [1.165, 1.54) is 24.3 Å². The number of carbonyl (C=O) groups excluding carboxylic acids is 1. The molecule has 2 heterocycles. The van der Waals surface area contributed by atoms with Crippen molar-refractivity contribution in [1.29, 1.82) is 0 Å². The molecule has 0 aliphatic rings. The molecule has 0 radical (unpaired) electrons. The Hall–Kier alpha value is -2.21. The van der Waals surface area contributed by atoms with E-state index < -0.39 is 16.1 Å². The summed E-state index contributed by atoms with van der Waals surface area (Å²) in [7, 11) is -4.09. The third-order valence-corrected chi connectivity index (χ3v) is 7.29. The van der Waals surface area contributed by atoms with Gasteiger partial charge in [0.05, 0.1) is 4.90 Å². The van der Waals surface area contributed by atoms with Crippen LogP contribution in [0, 0.1) is 0 Å². The van der Waals surface area contributed by atoms with Crippen LogP contribution in [0.3, 0.4) is 0 Å². The van der Waals surface area contributed by atoms with Gasteiger partial charge in [0.1, 0.15) is 16.5 Å². The average molecular weight is 538 g/mol. The van der Waals surface area contributed by atoms with Gasteiger partial charge in [-0.3, -0.25) is 4.79 Å². The van der Waals surface area contributed by atoms with Crippen LogP contribution < -0.4 is 34.9 Å². The smallest absolute Gasteiger partial charge is 0.448 e. The molecule has 2 amide bonds. The molecule has 2 aromatic heterocycles. The summed E-state index contributed by atoms with van der Waals surface area (Å²) in [5, 5.41) is 5.72. The van der Waals surface area contributed by atoms with Crippen LogP contribution >= 0.6 is 22.9 Å². The van der Waals surface area contributed by atoms with Crippen molar-refractivity contribution in [2.24, 2.45) is 0 Å². The second-order valence-electron chi connectivity index (χ2n) is 7.27. The Kier molecular flexibility index (Phi) is 9.51. The minimum Gasteiger partial charge on any atom is -0.448 e. The molecule has 0 saturated carbocycles. The molecule has 0 saturated heterocycles. The standard InChI is InChI=1S/C23H22ClN5O3S2.Na/c1-2-21-27-20(22-25-13-14-33-22)15-29(21)18-7-3-16(4-8-18)11-12-26-23(30)28-34(31,32)19-9-5-17(24)6-10-19;/h3-10,13-15H,2,11-12H2,1H3,(H2,26,28,30);/q;+1/p-1. The van der Waals surface area contributed by atoms with Gasteiger partial charge >= 0.3 is 29.6 Å². The van der Waals surface area contributed by atoms with Gasteiger partial charge in [0.15, 0.2) is 6.03 Å². The van der Waals surface area contributed by atoms with Crippen LogP contribution in [0.2, 0.25) is 5.02 Å². The Morgan fingerprint density at radius 3 is 2.49 bits per heavy atom. The van der Waals surface area contributed by atoms with Crippen LogP contribution in [0.25, 0.3) is 21.1 Å². The van der Waals surface area contributed by atoms with Gasteiger partial charge in [-0.15, -0.1) is 11.3 Å². The number of carbonyl (C=O) groups is 1. The van der Waals surface area contributed by atoms with E-state index in [2.05, 4.69) is 21.9 Å². The first kappa shape index (κ1) is 27.4. The fourth-order valence-electron chi connectivity index (χ4n) is 3.28. The van der Waals surface area contributed by atoms with Gasteiger partial charge in [0.2, 0.25) is 10.0 Å². The first-order valence-electron chi connectivity index (χ1n) is 10.4. The van der Waals surface area contributed by atoms with Crippen molar-refractivity contribution in [3.05, 3.63) is 87.4 Å². The predicted molar refractivity (Wildman–Crippen MR) is 133 cm³/mol. The Morgan fingerprint density at radius 2 is 1.86 bits per heavy atom. The van der Waals surface area contributed by atoms with Gasteiger partial charge in [-0.25, -0.2) is 18.4 Å².